The van der Waals surface area contributed by atoms with Crippen LogP contribution in [-0.4, -0.2) is 29.1 Å². The van der Waals surface area contributed by atoms with Crippen LogP contribution in [0, 0.1) is 5.92 Å². The number of hydrogen-bond acceptors (Lipinski definition) is 5. The van der Waals surface area contributed by atoms with Crippen LogP contribution < -0.4 is 20.7 Å². The molecule has 0 bridgehead atoms. The zero-order chi connectivity index (χ0) is 20.6. The molecule has 1 heterocycles. The molecule has 3 unspecified atom stereocenters. The van der Waals surface area contributed by atoms with E-state index in [-0.39, 0.29) is 35.0 Å². The molecule has 0 radical (unpaired) electrons. The molecule has 6 nitrogen and oxygen atoms in total. The van der Waals surface area contributed by atoms with Crippen molar-refractivity contribution in [2.24, 2.45) is 5.92 Å². The van der Waals surface area contributed by atoms with Crippen LogP contribution >= 0.6 is 11.8 Å². The molecule has 1 aliphatic rings. The summed E-state index contributed by atoms with van der Waals surface area (Å²) in [4.78, 5) is 24.4. The van der Waals surface area contributed by atoms with Crippen molar-refractivity contribution in [3.05, 3.63) is 67.3 Å². The van der Waals surface area contributed by atoms with Crippen molar-refractivity contribution in [3.63, 3.8) is 0 Å². The monoisotopic (exact) mass is 411 g/mol. The lowest BCUT2D eigenvalue weighted by Crippen LogP contribution is -2.59. The van der Waals surface area contributed by atoms with Gasteiger partial charge in [-0.3, -0.25) is 14.9 Å². The fraction of sp³-hybridized carbons (Fsp3) is 0.273. The minimum atomic E-state index is -0.286. The Labute approximate surface area is 175 Å². The Hall–Kier alpha value is -2.77. The van der Waals surface area contributed by atoms with Gasteiger partial charge in [-0.1, -0.05) is 24.3 Å². The second-order valence-electron chi connectivity index (χ2n) is 6.77. The molecule has 1 aliphatic heterocycles. The summed E-state index contributed by atoms with van der Waals surface area (Å²) in [5.41, 5.74) is 0.405. The number of thioether (sulfide) groups is 1. The molecule has 7 heteroatoms. The number of carbonyl (C=O) groups is 2. The Morgan fingerprint density at radius 3 is 2.52 bits per heavy atom. The molecule has 2 aromatic carbocycles. The summed E-state index contributed by atoms with van der Waals surface area (Å²) in [6.07, 6.45) is 2.38. The zero-order valence-corrected chi connectivity index (χ0v) is 17.1. The Morgan fingerprint density at radius 2 is 1.86 bits per heavy atom. The van der Waals surface area contributed by atoms with Gasteiger partial charge in [-0.2, -0.15) is 0 Å². The third-order valence-corrected chi connectivity index (χ3v) is 5.56. The minimum absolute atomic E-state index is 0.0111. The number of ether oxygens (including phenoxy) is 1. The summed E-state index contributed by atoms with van der Waals surface area (Å²) in [5, 5.41) is 9.07. The van der Waals surface area contributed by atoms with Gasteiger partial charge < -0.3 is 15.4 Å². The van der Waals surface area contributed by atoms with Gasteiger partial charge in [-0.25, -0.2) is 0 Å². The fourth-order valence-electron chi connectivity index (χ4n) is 3.03. The van der Waals surface area contributed by atoms with Gasteiger partial charge in [0.2, 0.25) is 11.8 Å². The number of benzene rings is 2. The number of para-hydroxylation sites is 1. The molecule has 152 valence electrons. The van der Waals surface area contributed by atoms with Gasteiger partial charge in [0.25, 0.3) is 0 Å². The second kappa shape index (κ2) is 10.1. The molecule has 2 amide bonds. The van der Waals surface area contributed by atoms with Crippen LogP contribution in [0.15, 0.2) is 67.3 Å². The highest BCUT2D eigenvalue weighted by atomic mass is 32.2. The number of anilines is 1. The summed E-state index contributed by atoms with van der Waals surface area (Å²) in [5.74, 6) is 1.40. The van der Waals surface area contributed by atoms with Crippen molar-refractivity contribution in [3.8, 4) is 11.5 Å². The van der Waals surface area contributed by atoms with Gasteiger partial charge in [0.1, 0.15) is 17.0 Å². The third-order valence-electron chi connectivity index (χ3n) is 4.55. The van der Waals surface area contributed by atoms with Crippen molar-refractivity contribution in [1.82, 2.24) is 10.6 Å². The standard InChI is InChI=1S/C22H25N3O3S/c1-3-7-19-15(2)23-22(25-21(19)27)29-14-20(26)24-16-10-12-18(13-11-16)28-17-8-5-4-6-9-17/h3-6,8-13,15,19,22-23H,1,7,14H2,2H3,(H,24,26)(H,25,27). The average molecular weight is 412 g/mol. The lowest BCUT2D eigenvalue weighted by molar-refractivity contribution is -0.128. The van der Waals surface area contributed by atoms with Gasteiger partial charge in [0.05, 0.1) is 11.7 Å². The molecular weight excluding hydrogens is 386 g/mol. The van der Waals surface area contributed by atoms with Crippen LogP contribution in [0.2, 0.25) is 0 Å². The highest BCUT2D eigenvalue weighted by Crippen LogP contribution is 2.23. The molecule has 0 aromatic heterocycles. The first-order chi connectivity index (χ1) is 14.0. The van der Waals surface area contributed by atoms with Gasteiger partial charge >= 0.3 is 0 Å². The highest BCUT2D eigenvalue weighted by Gasteiger charge is 2.32. The molecule has 3 atom stereocenters. The summed E-state index contributed by atoms with van der Waals surface area (Å²) < 4.78 is 5.74. The Bertz CT molecular complexity index is 842. The average Bonchev–Trinajstić information content (AvgIpc) is 2.71. The maximum absolute atomic E-state index is 12.2. The summed E-state index contributed by atoms with van der Waals surface area (Å²) in [6, 6.07) is 16.7. The van der Waals surface area contributed by atoms with E-state index in [1.807, 2.05) is 37.3 Å². The smallest absolute Gasteiger partial charge is 0.234 e. The maximum Gasteiger partial charge on any atom is 0.234 e. The number of allylic oxidation sites excluding steroid dienone is 1. The zero-order valence-electron chi connectivity index (χ0n) is 16.3. The van der Waals surface area contributed by atoms with Crippen LogP contribution in [0.25, 0.3) is 0 Å². The van der Waals surface area contributed by atoms with Crippen LogP contribution in [0.4, 0.5) is 5.69 Å². The van der Waals surface area contributed by atoms with Crippen molar-refractivity contribution < 1.29 is 14.3 Å². The summed E-state index contributed by atoms with van der Waals surface area (Å²) in [6.45, 7) is 5.67. The number of rotatable bonds is 8. The summed E-state index contributed by atoms with van der Waals surface area (Å²) >= 11 is 1.35. The molecule has 2 aromatic rings. The molecule has 29 heavy (non-hydrogen) atoms. The summed E-state index contributed by atoms with van der Waals surface area (Å²) in [7, 11) is 0. The third kappa shape index (κ3) is 6.10. The SMILES string of the molecule is C=CCC1C(=O)NC(SCC(=O)Nc2ccc(Oc3ccccc3)cc2)NC1C. The maximum atomic E-state index is 12.2. The topological polar surface area (TPSA) is 79.5 Å². The van der Waals surface area contributed by atoms with Crippen LogP contribution in [-0.2, 0) is 9.59 Å². The van der Waals surface area contributed by atoms with E-state index in [0.717, 1.165) is 5.75 Å². The Balaban J connectivity index is 1.45. The molecule has 3 N–H and O–H groups in total. The van der Waals surface area contributed by atoms with Crippen molar-refractivity contribution in [1.29, 1.82) is 0 Å². The lowest BCUT2D eigenvalue weighted by atomic mass is 9.95. The molecule has 3 rings (SSSR count). The predicted octanol–water partition coefficient (Wildman–Crippen LogP) is 3.73. The van der Waals surface area contributed by atoms with Gasteiger partial charge in [-0.15, -0.1) is 18.3 Å². The number of amides is 2. The fourth-order valence-corrected chi connectivity index (χ4v) is 3.93. The van der Waals surface area contributed by atoms with E-state index in [2.05, 4.69) is 22.5 Å². The van der Waals surface area contributed by atoms with E-state index in [4.69, 9.17) is 4.74 Å². The quantitative estimate of drug-likeness (QED) is 0.577. The van der Waals surface area contributed by atoms with Gasteiger partial charge in [0, 0.05) is 11.7 Å². The van der Waals surface area contributed by atoms with Crippen molar-refractivity contribution >= 4 is 29.3 Å². The minimum Gasteiger partial charge on any atom is -0.457 e. The first kappa shape index (κ1) is 21.0. The van der Waals surface area contributed by atoms with E-state index >= 15 is 0 Å². The van der Waals surface area contributed by atoms with E-state index in [0.29, 0.717) is 17.9 Å². The predicted molar refractivity (Wildman–Crippen MR) is 117 cm³/mol. The van der Waals surface area contributed by atoms with Crippen LogP contribution in [0.5, 0.6) is 11.5 Å². The van der Waals surface area contributed by atoms with E-state index < -0.39 is 0 Å². The molecule has 0 saturated carbocycles. The van der Waals surface area contributed by atoms with E-state index in [1.54, 1.807) is 30.3 Å². The van der Waals surface area contributed by atoms with Crippen molar-refractivity contribution in [2.75, 3.05) is 11.1 Å². The van der Waals surface area contributed by atoms with Gasteiger partial charge in [-0.05, 0) is 49.7 Å². The van der Waals surface area contributed by atoms with Crippen LogP contribution in [0.1, 0.15) is 13.3 Å². The Kier molecular flexibility index (Phi) is 7.32. The van der Waals surface area contributed by atoms with E-state index in [9.17, 15) is 9.59 Å². The molecule has 0 spiro atoms. The first-order valence-electron chi connectivity index (χ1n) is 9.47. The normalized spacial score (nSPS) is 21.1. The molecule has 1 fully saturated rings. The van der Waals surface area contributed by atoms with E-state index in [1.165, 1.54) is 11.8 Å². The van der Waals surface area contributed by atoms with Crippen LogP contribution in [0.3, 0.4) is 0 Å². The number of nitrogens with one attached hydrogen (secondary N) is 3. The largest absolute Gasteiger partial charge is 0.457 e. The van der Waals surface area contributed by atoms with Gasteiger partial charge in [0.15, 0.2) is 0 Å². The molecular formula is C22H25N3O3S. The lowest BCUT2D eigenvalue weighted by Gasteiger charge is -2.34. The highest BCUT2D eigenvalue weighted by molar-refractivity contribution is 8.00. The Morgan fingerprint density at radius 1 is 1.17 bits per heavy atom. The molecule has 0 aliphatic carbocycles. The first-order valence-corrected chi connectivity index (χ1v) is 10.5. The second-order valence-corrected chi connectivity index (χ2v) is 7.87. The molecule has 1 saturated heterocycles. The van der Waals surface area contributed by atoms with Crippen molar-refractivity contribution in [2.45, 2.75) is 24.9 Å². The number of hydrogen-bond donors (Lipinski definition) is 3. The number of carbonyl (C=O) groups excluding carboxylic acids is 2.